The van der Waals surface area contributed by atoms with Gasteiger partial charge in [-0.2, -0.15) is 0 Å². The van der Waals surface area contributed by atoms with Crippen molar-refractivity contribution in [2.24, 2.45) is 0 Å². The van der Waals surface area contributed by atoms with Crippen LogP contribution in [0.4, 0.5) is 0 Å². The first-order valence-electron chi connectivity index (χ1n) is 9.85. The largest absolute Gasteiger partial charge is 0.456 e. The molecule has 0 aromatic heterocycles. The van der Waals surface area contributed by atoms with Crippen LogP contribution in [0.3, 0.4) is 0 Å². The Labute approximate surface area is 198 Å². The summed E-state index contributed by atoms with van der Waals surface area (Å²) in [6.07, 6.45) is 0.211. The minimum atomic E-state index is -0.631. The second kappa shape index (κ2) is 9.86. The first kappa shape index (κ1) is 21.9. The predicted octanol–water partition coefficient (Wildman–Crippen LogP) is 3.06. The number of nitrogens with one attached hydrogen (secondary N) is 1. The Morgan fingerprint density at radius 2 is 1.71 bits per heavy atom. The van der Waals surface area contributed by atoms with Crippen molar-refractivity contribution < 1.29 is 19.1 Å². The summed E-state index contributed by atoms with van der Waals surface area (Å²) < 4.78 is 6.13. The van der Waals surface area contributed by atoms with E-state index in [2.05, 4.69) is 27.9 Å². The molecule has 0 spiro atoms. The standard InChI is InChI=1S/C23H21IN2O4S/c24-12-17-14-31-22-19(25-18(27)11-15-7-3-1-4-8-15)21(28)26(22)20(17)23(29)30-13-16-9-5-2-6-10-16/h1-10,19,22H,11-14H2,(H,25,27)/t19?,22-/m1/s1. The van der Waals surface area contributed by atoms with Crippen molar-refractivity contribution in [2.75, 3.05) is 10.2 Å². The molecule has 0 saturated carbocycles. The Bertz CT molecular complexity index is 1010. The van der Waals surface area contributed by atoms with E-state index in [0.29, 0.717) is 15.9 Å². The molecule has 2 aromatic carbocycles. The van der Waals surface area contributed by atoms with Gasteiger partial charge in [0.15, 0.2) is 0 Å². The molecular weight excluding hydrogens is 527 g/mol. The average molecular weight is 548 g/mol. The number of halogens is 1. The van der Waals surface area contributed by atoms with Crippen LogP contribution in [0, 0.1) is 0 Å². The molecule has 0 aliphatic carbocycles. The van der Waals surface area contributed by atoms with E-state index in [1.807, 2.05) is 60.7 Å². The summed E-state index contributed by atoms with van der Waals surface area (Å²) in [4.78, 5) is 39.7. The first-order chi connectivity index (χ1) is 15.1. The zero-order chi connectivity index (χ0) is 21.8. The third-order valence-corrected chi connectivity index (χ3v) is 7.40. The van der Waals surface area contributed by atoms with Gasteiger partial charge >= 0.3 is 5.97 Å². The molecule has 0 bridgehead atoms. The van der Waals surface area contributed by atoms with Crippen molar-refractivity contribution in [1.29, 1.82) is 0 Å². The molecule has 6 nitrogen and oxygen atoms in total. The van der Waals surface area contributed by atoms with Crippen LogP contribution < -0.4 is 5.32 Å². The number of esters is 1. The zero-order valence-electron chi connectivity index (χ0n) is 16.6. The molecule has 2 aromatic rings. The maximum absolute atomic E-state index is 12.9. The zero-order valence-corrected chi connectivity index (χ0v) is 19.6. The topological polar surface area (TPSA) is 75.7 Å². The highest BCUT2D eigenvalue weighted by Gasteiger charge is 2.54. The lowest BCUT2D eigenvalue weighted by molar-refractivity contribution is -0.153. The fourth-order valence-corrected chi connectivity index (χ4v) is 5.91. The number of rotatable bonds is 7. The van der Waals surface area contributed by atoms with Crippen molar-refractivity contribution in [3.05, 3.63) is 83.1 Å². The van der Waals surface area contributed by atoms with Gasteiger partial charge in [-0.1, -0.05) is 83.3 Å². The molecule has 2 atom stereocenters. The van der Waals surface area contributed by atoms with Crippen LogP contribution in [-0.4, -0.2) is 44.3 Å². The van der Waals surface area contributed by atoms with Crippen LogP contribution in [0.15, 0.2) is 71.9 Å². The van der Waals surface area contributed by atoms with Gasteiger partial charge in [-0.3, -0.25) is 14.5 Å². The monoisotopic (exact) mass is 548 g/mol. The summed E-state index contributed by atoms with van der Waals surface area (Å²) in [6.45, 7) is 0.148. The highest BCUT2D eigenvalue weighted by atomic mass is 127. The van der Waals surface area contributed by atoms with Crippen molar-refractivity contribution in [3.8, 4) is 0 Å². The molecule has 2 heterocycles. The predicted molar refractivity (Wildman–Crippen MR) is 127 cm³/mol. The van der Waals surface area contributed by atoms with Crippen LogP contribution in [-0.2, 0) is 32.1 Å². The number of nitrogens with zero attached hydrogens (tertiary/aromatic N) is 1. The van der Waals surface area contributed by atoms with Gasteiger partial charge in [0.05, 0.1) is 6.42 Å². The number of amides is 2. The number of carbonyl (C=O) groups is 3. The van der Waals surface area contributed by atoms with Gasteiger partial charge in [-0.15, -0.1) is 11.8 Å². The number of carbonyl (C=O) groups excluding carboxylic acids is 3. The molecule has 4 rings (SSSR count). The van der Waals surface area contributed by atoms with Crippen LogP contribution in [0.25, 0.3) is 0 Å². The molecule has 0 radical (unpaired) electrons. The molecular formula is C23H21IN2O4S. The molecule has 1 unspecified atom stereocenters. The number of alkyl halides is 1. The van der Waals surface area contributed by atoms with E-state index in [1.54, 1.807) is 11.8 Å². The fraction of sp³-hybridized carbons (Fsp3) is 0.261. The normalized spacial score (nSPS) is 20.0. The van der Waals surface area contributed by atoms with E-state index in [9.17, 15) is 14.4 Å². The molecule has 31 heavy (non-hydrogen) atoms. The Balaban J connectivity index is 1.42. The van der Waals surface area contributed by atoms with Gasteiger partial charge in [-0.25, -0.2) is 4.79 Å². The summed E-state index contributed by atoms with van der Waals surface area (Å²) in [5.41, 5.74) is 2.97. The maximum Gasteiger partial charge on any atom is 0.355 e. The molecule has 1 N–H and O–H groups in total. The van der Waals surface area contributed by atoms with E-state index in [1.165, 1.54) is 4.90 Å². The molecule has 2 aliphatic heterocycles. The van der Waals surface area contributed by atoms with Gasteiger partial charge in [-0.05, 0) is 16.7 Å². The molecule has 1 fully saturated rings. The fourth-order valence-electron chi connectivity index (χ4n) is 3.57. The number of ether oxygens (including phenoxy) is 1. The van der Waals surface area contributed by atoms with Gasteiger partial charge < -0.3 is 10.1 Å². The van der Waals surface area contributed by atoms with Crippen LogP contribution in [0.2, 0.25) is 0 Å². The Kier molecular flexibility index (Phi) is 6.96. The van der Waals surface area contributed by atoms with E-state index >= 15 is 0 Å². The minimum Gasteiger partial charge on any atom is -0.456 e. The number of thioether (sulfide) groups is 1. The number of hydrogen-bond acceptors (Lipinski definition) is 5. The van der Waals surface area contributed by atoms with Crippen LogP contribution in [0.1, 0.15) is 11.1 Å². The number of benzene rings is 2. The minimum absolute atomic E-state index is 0.148. The van der Waals surface area contributed by atoms with E-state index in [-0.39, 0.29) is 30.2 Å². The average Bonchev–Trinajstić information content (AvgIpc) is 2.81. The van der Waals surface area contributed by atoms with Crippen molar-refractivity contribution >= 4 is 52.1 Å². The maximum atomic E-state index is 12.9. The SMILES string of the molecule is O=C(Cc1ccccc1)NC1C(=O)N2C(C(=O)OCc3ccccc3)=C(CI)CS[C@H]12. The van der Waals surface area contributed by atoms with E-state index in [0.717, 1.165) is 16.7 Å². The number of hydrogen-bond donors (Lipinski definition) is 1. The Morgan fingerprint density at radius 3 is 2.35 bits per heavy atom. The summed E-state index contributed by atoms with van der Waals surface area (Å²) in [7, 11) is 0. The highest BCUT2D eigenvalue weighted by Crippen LogP contribution is 2.41. The van der Waals surface area contributed by atoms with Gasteiger partial charge in [0.1, 0.15) is 23.7 Å². The lowest BCUT2D eigenvalue weighted by atomic mass is 10.0. The summed E-state index contributed by atoms with van der Waals surface area (Å²) >= 11 is 3.76. The van der Waals surface area contributed by atoms with Crippen molar-refractivity contribution in [2.45, 2.75) is 24.4 Å². The smallest absolute Gasteiger partial charge is 0.355 e. The third-order valence-electron chi connectivity index (χ3n) is 5.14. The van der Waals surface area contributed by atoms with E-state index < -0.39 is 12.0 Å². The third kappa shape index (κ3) is 4.79. The summed E-state index contributed by atoms with van der Waals surface area (Å²) in [5.74, 6) is -0.351. The van der Waals surface area contributed by atoms with Crippen LogP contribution in [0.5, 0.6) is 0 Å². The lowest BCUT2D eigenvalue weighted by Gasteiger charge is -2.49. The number of β-lactam (4-membered cyclic amide) rings is 1. The molecule has 160 valence electrons. The molecule has 2 amide bonds. The second-order valence-electron chi connectivity index (χ2n) is 7.26. The molecule has 2 aliphatic rings. The van der Waals surface area contributed by atoms with Crippen molar-refractivity contribution in [3.63, 3.8) is 0 Å². The Hall–Kier alpha value is -2.33. The lowest BCUT2D eigenvalue weighted by Crippen LogP contribution is -2.70. The Morgan fingerprint density at radius 1 is 1.06 bits per heavy atom. The summed E-state index contributed by atoms with van der Waals surface area (Å²) in [6, 6.07) is 18.2. The quantitative estimate of drug-likeness (QED) is 0.249. The first-order valence-corrected chi connectivity index (χ1v) is 12.4. The second-order valence-corrected chi connectivity index (χ2v) is 9.13. The van der Waals surface area contributed by atoms with Gasteiger partial charge in [0, 0.05) is 10.2 Å². The van der Waals surface area contributed by atoms with Gasteiger partial charge in [0.25, 0.3) is 5.91 Å². The van der Waals surface area contributed by atoms with Crippen molar-refractivity contribution in [1.82, 2.24) is 10.2 Å². The highest BCUT2D eigenvalue weighted by molar-refractivity contribution is 14.1. The van der Waals surface area contributed by atoms with Gasteiger partial charge in [0.2, 0.25) is 5.91 Å². The van der Waals surface area contributed by atoms with E-state index in [4.69, 9.17) is 4.74 Å². The number of fused-ring (bicyclic) bond motifs is 1. The molecule has 8 heteroatoms. The van der Waals surface area contributed by atoms with Crippen LogP contribution >= 0.6 is 34.4 Å². The summed E-state index contributed by atoms with van der Waals surface area (Å²) in [5, 5.41) is 2.54. The molecule has 1 saturated heterocycles.